The number of hydrogen-bond donors (Lipinski definition) is 2. The molecule has 2 fully saturated rings. The van der Waals surface area contributed by atoms with Crippen LogP contribution in [0.15, 0.2) is 23.5 Å². The van der Waals surface area contributed by atoms with Crippen LogP contribution in [0.3, 0.4) is 0 Å². The van der Waals surface area contributed by atoms with Crippen LogP contribution >= 0.6 is 24.0 Å². The van der Waals surface area contributed by atoms with Crippen molar-refractivity contribution in [1.82, 2.24) is 15.6 Å². The summed E-state index contributed by atoms with van der Waals surface area (Å²) in [5, 5.41) is 7.09. The van der Waals surface area contributed by atoms with E-state index in [1.54, 1.807) is 0 Å². The summed E-state index contributed by atoms with van der Waals surface area (Å²) in [6, 6.07) is 2.59. The first-order valence-corrected chi connectivity index (χ1v) is 9.18. The van der Waals surface area contributed by atoms with Crippen LogP contribution in [-0.2, 0) is 11.2 Å². The fraction of sp³-hybridized carbons (Fsp3) is 0.684. The molecule has 0 amide bonds. The molecule has 2 aliphatic carbocycles. The van der Waals surface area contributed by atoms with E-state index in [0.29, 0.717) is 17.6 Å². The highest BCUT2D eigenvalue weighted by atomic mass is 127. The summed E-state index contributed by atoms with van der Waals surface area (Å²) >= 11 is 0. The molecule has 6 heteroatoms. The zero-order valence-corrected chi connectivity index (χ0v) is 17.9. The Hall–Kier alpha value is -0.890. The van der Waals surface area contributed by atoms with E-state index in [2.05, 4.69) is 40.5 Å². The lowest BCUT2D eigenvalue weighted by molar-refractivity contribution is -0.168. The van der Waals surface area contributed by atoms with Crippen LogP contribution in [-0.4, -0.2) is 43.3 Å². The Balaban J connectivity index is 0.00000225. The first-order valence-electron chi connectivity index (χ1n) is 9.18. The Kier molecular flexibility index (Phi) is 7.49. The lowest BCUT2D eigenvalue weighted by atomic mass is 9.51. The van der Waals surface area contributed by atoms with E-state index in [-0.39, 0.29) is 24.0 Å². The SMILES string of the molecule is CCOC1CC(NC(=NC)NCCc2ccncc2C)C12CCC2.I. The lowest BCUT2D eigenvalue weighted by Gasteiger charge is -2.61. The summed E-state index contributed by atoms with van der Waals surface area (Å²) in [5.41, 5.74) is 2.94. The number of rotatable bonds is 6. The number of aryl methyl sites for hydroxylation is 1. The van der Waals surface area contributed by atoms with Crippen LogP contribution < -0.4 is 10.6 Å². The molecule has 2 unspecified atom stereocenters. The Morgan fingerprint density at radius 3 is 2.84 bits per heavy atom. The molecule has 1 heterocycles. The van der Waals surface area contributed by atoms with Crippen LogP contribution in [0.4, 0.5) is 0 Å². The average molecular weight is 458 g/mol. The van der Waals surface area contributed by atoms with E-state index < -0.39 is 0 Å². The molecule has 0 aliphatic heterocycles. The molecule has 1 aromatic heterocycles. The van der Waals surface area contributed by atoms with Gasteiger partial charge in [0.2, 0.25) is 0 Å². The van der Waals surface area contributed by atoms with E-state index in [4.69, 9.17) is 4.74 Å². The fourth-order valence-corrected chi connectivity index (χ4v) is 4.10. The number of ether oxygens (including phenoxy) is 1. The summed E-state index contributed by atoms with van der Waals surface area (Å²) < 4.78 is 5.93. The minimum atomic E-state index is 0. The van der Waals surface area contributed by atoms with Crippen molar-refractivity contribution < 1.29 is 4.74 Å². The predicted molar refractivity (Wildman–Crippen MR) is 113 cm³/mol. The highest BCUT2D eigenvalue weighted by Crippen LogP contribution is 2.57. The largest absolute Gasteiger partial charge is 0.378 e. The molecule has 0 bridgehead atoms. The minimum Gasteiger partial charge on any atom is -0.378 e. The second-order valence-corrected chi connectivity index (χ2v) is 7.01. The second-order valence-electron chi connectivity index (χ2n) is 7.01. The molecule has 2 N–H and O–H groups in total. The topological polar surface area (TPSA) is 58.5 Å². The number of pyridine rings is 1. The van der Waals surface area contributed by atoms with Gasteiger partial charge in [0.15, 0.2) is 5.96 Å². The third-order valence-electron chi connectivity index (χ3n) is 5.80. The van der Waals surface area contributed by atoms with E-state index in [0.717, 1.165) is 32.0 Å². The summed E-state index contributed by atoms with van der Waals surface area (Å²) in [6.07, 6.45) is 10.2. The molecular formula is C19H31IN4O. The van der Waals surface area contributed by atoms with Gasteiger partial charge in [0.05, 0.1) is 6.10 Å². The quantitative estimate of drug-likeness (QED) is 0.391. The molecule has 25 heavy (non-hydrogen) atoms. The summed E-state index contributed by atoms with van der Waals surface area (Å²) in [5.74, 6) is 0.910. The van der Waals surface area contributed by atoms with Crippen molar-refractivity contribution in [2.75, 3.05) is 20.2 Å². The van der Waals surface area contributed by atoms with Gasteiger partial charge in [-0.05, 0) is 56.7 Å². The van der Waals surface area contributed by atoms with Crippen molar-refractivity contribution in [1.29, 1.82) is 0 Å². The van der Waals surface area contributed by atoms with Gasteiger partial charge in [-0.1, -0.05) is 6.42 Å². The van der Waals surface area contributed by atoms with Crippen molar-refractivity contribution >= 4 is 29.9 Å². The van der Waals surface area contributed by atoms with Crippen LogP contribution in [0.1, 0.15) is 43.7 Å². The van der Waals surface area contributed by atoms with Gasteiger partial charge in [0.1, 0.15) is 0 Å². The molecular weight excluding hydrogens is 427 g/mol. The molecule has 1 spiro atoms. The predicted octanol–water partition coefficient (Wildman–Crippen LogP) is 3.06. The van der Waals surface area contributed by atoms with Gasteiger partial charge in [0, 0.05) is 44.0 Å². The van der Waals surface area contributed by atoms with Crippen molar-refractivity contribution in [3.05, 3.63) is 29.6 Å². The summed E-state index contributed by atoms with van der Waals surface area (Å²) in [7, 11) is 1.85. The molecule has 2 saturated carbocycles. The Morgan fingerprint density at radius 1 is 1.44 bits per heavy atom. The zero-order valence-electron chi connectivity index (χ0n) is 15.5. The maximum Gasteiger partial charge on any atom is 0.191 e. The molecule has 2 atom stereocenters. The number of aliphatic imine (C=N–C) groups is 1. The van der Waals surface area contributed by atoms with Gasteiger partial charge in [-0.15, -0.1) is 24.0 Å². The average Bonchev–Trinajstić information content (AvgIpc) is 2.52. The first kappa shape index (κ1) is 20.4. The fourth-order valence-electron chi connectivity index (χ4n) is 4.10. The highest BCUT2D eigenvalue weighted by molar-refractivity contribution is 14.0. The van der Waals surface area contributed by atoms with Crippen molar-refractivity contribution in [2.45, 2.75) is 58.1 Å². The zero-order chi connectivity index (χ0) is 17.0. The Morgan fingerprint density at radius 2 is 2.24 bits per heavy atom. The molecule has 0 radical (unpaired) electrons. The lowest BCUT2D eigenvalue weighted by Crippen LogP contribution is -2.68. The monoisotopic (exact) mass is 458 g/mol. The number of halogens is 1. The molecule has 1 aromatic rings. The van der Waals surface area contributed by atoms with Crippen molar-refractivity contribution in [2.24, 2.45) is 10.4 Å². The number of nitrogens with zero attached hydrogens (tertiary/aromatic N) is 2. The Labute approximate surface area is 168 Å². The first-order chi connectivity index (χ1) is 11.7. The van der Waals surface area contributed by atoms with Crippen LogP contribution in [0.2, 0.25) is 0 Å². The van der Waals surface area contributed by atoms with Gasteiger partial charge >= 0.3 is 0 Å². The van der Waals surface area contributed by atoms with Crippen molar-refractivity contribution in [3.63, 3.8) is 0 Å². The molecule has 5 nitrogen and oxygen atoms in total. The van der Waals surface area contributed by atoms with E-state index in [9.17, 15) is 0 Å². The van der Waals surface area contributed by atoms with Crippen molar-refractivity contribution in [3.8, 4) is 0 Å². The smallest absolute Gasteiger partial charge is 0.191 e. The standard InChI is InChI=1S/C19H30N4O.HI/c1-4-24-17-12-16(19(17)8-5-9-19)23-18(20-3)22-11-7-15-6-10-21-13-14(15)2;/h6,10,13,16-17H,4-5,7-9,11-12H2,1-3H3,(H2,20,22,23);1H. The summed E-state index contributed by atoms with van der Waals surface area (Å²) in [4.78, 5) is 8.55. The van der Waals surface area contributed by atoms with E-state index >= 15 is 0 Å². The number of nitrogens with one attached hydrogen (secondary N) is 2. The van der Waals surface area contributed by atoms with E-state index in [1.165, 1.54) is 30.4 Å². The van der Waals surface area contributed by atoms with Gasteiger partial charge in [-0.3, -0.25) is 9.98 Å². The van der Waals surface area contributed by atoms with Crippen LogP contribution in [0.5, 0.6) is 0 Å². The van der Waals surface area contributed by atoms with Crippen LogP contribution in [0.25, 0.3) is 0 Å². The Bertz CT molecular complexity index is 589. The van der Waals surface area contributed by atoms with Crippen LogP contribution in [0, 0.1) is 12.3 Å². The highest BCUT2D eigenvalue weighted by Gasteiger charge is 2.59. The minimum absolute atomic E-state index is 0. The molecule has 0 saturated heterocycles. The van der Waals surface area contributed by atoms with Gasteiger partial charge in [-0.25, -0.2) is 0 Å². The molecule has 2 aliphatic rings. The van der Waals surface area contributed by atoms with Gasteiger partial charge in [0.25, 0.3) is 0 Å². The molecule has 0 aromatic carbocycles. The normalized spacial score (nSPS) is 24.0. The number of aromatic nitrogens is 1. The number of hydrogen-bond acceptors (Lipinski definition) is 3. The molecule has 140 valence electrons. The number of guanidine groups is 1. The van der Waals surface area contributed by atoms with E-state index in [1.807, 2.05) is 19.4 Å². The second kappa shape index (κ2) is 9.16. The van der Waals surface area contributed by atoms with Gasteiger partial charge < -0.3 is 15.4 Å². The third kappa shape index (κ3) is 4.27. The maximum atomic E-state index is 5.93. The maximum absolute atomic E-state index is 5.93. The summed E-state index contributed by atoms with van der Waals surface area (Å²) in [6.45, 7) is 5.89. The molecule has 3 rings (SSSR count). The third-order valence-corrected chi connectivity index (χ3v) is 5.80. The van der Waals surface area contributed by atoms with Gasteiger partial charge in [-0.2, -0.15) is 0 Å².